The van der Waals surface area contributed by atoms with Crippen LogP contribution in [0.25, 0.3) is 0 Å². The highest BCUT2D eigenvalue weighted by molar-refractivity contribution is 7.92. The predicted octanol–water partition coefficient (Wildman–Crippen LogP) is 4.13. The maximum Gasteiger partial charge on any atom is 0.183 e. The summed E-state index contributed by atoms with van der Waals surface area (Å²) in [6.07, 6.45) is 0. The van der Waals surface area contributed by atoms with Gasteiger partial charge in [-0.3, -0.25) is 0 Å². The second-order valence-electron chi connectivity index (χ2n) is 6.60. The zero-order valence-corrected chi connectivity index (χ0v) is 16.2. The third-order valence-electron chi connectivity index (χ3n) is 4.92. The van der Waals surface area contributed by atoms with E-state index in [9.17, 15) is 13.7 Å². The minimum Gasteiger partial charge on any atom is -0.380 e. The number of nitrogens with zero attached hydrogens (tertiary/aromatic N) is 1. The second kappa shape index (κ2) is 7.03. The van der Waals surface area contributed by atoms with Crippen molar-refractivity contribution in [3.63, 3.8) is 0 Å². The summed E-state index contributed by atoms with van der Waals surface area (Å²) in [6, 6.07) is 16.0. The van der Waals surface area contributed by atoms with Crippen molar-refractivity contribution in [2.45, 2.75) is 29.9 Å². The molecule has 0 saturated heterocycles. The molecule has 0 amide bonds. The SMILES string of the molecule is CCOC[C@@]1(C#N)[C@@H](c2ccc(C)cc2)[C@@H]1S(=O)(=O)c1ccc(Cl)cc1. The number of hydrogen-bond acceptors (Lipinski definition) is 4. The molecule has 0 radical (unpaired) electrons. The van der Waals surface area contributed by atoms with Gasteiger partial charge in [-0.2, -0.15) is 5.26 Å². The zero-order chi connectivity index (χ0) is 18.9. The van der Waals surface area contributed by atoms with Gasteiger partial charge in [-0.05, 0) is 43.7 Å². The summed E-state index contributed by atoms with van der Waals surface area (Å²) in [5.41, 5.74) is 0.849. The first kappa shape index (κ1) is 18.9. The summed E-state index contributed by atoms with van der Waals surface area (Å²) in [6.45, 7) is 4.32. The number of nitriles is 1. The molecule has 3 rings (SSSR count). The molecule has 3 atom stereocenters. The van der Waals surface area contributed by atoms with Crippen LogP contribution in [0.15, 0.2) is 53.4 Å². The third-order valence-corrected chi connectivity index (χ3v) is 7.47. The van der Waals surface area contributed by atoms with Gasteiger partial charge < -0.3 is 4.74 Å². The standard InChI is InChI=1S/C20H20ClNO3S/c1-3-25-13-20(12-22)18(15-6-4-14(2)5-7-15)19(20)26(23,24)17-10-8-16(21)9-11-17/h4-11,18-19H,3,13H2,1-2H3/t18-,19-,20-/m0/s1. The van der Waals surface area contributed by atoms with Crippen molar-refractivity contribution in [3.8, 4) is 6.07 Å². The first-order chi connectivity index (χ1) is 12.4. The van der Waals surface area contributed by atoms with Crippen molar-refractivity contribution in [1.29, 1.82) is 5.26 Å². The maximum atomic E-state index is 13.2. The molecule has 4 nitrogen and oxygen atoms in total. The number of ether oxygens (including phenoxy) is 1. The molecule has 0 N–H and O–H groups in total. The number of benzene rings is 2. The molecule has 0 spiro atoms. The van der Waals surface area contributed by atoms with E-state index in [0.29, 0.717) is 11.6 Å². The Hall–Kier alpha value is -1.87. The minimum atomic E-state index is -3.70. The van der Waals surface area contributed by atoms with Crippen LogP contribution in [-0.2, 0) is 14.6 Å². The van der Waals surface area contributed by atoms with E-state index in [1.165, 1.54) is 12.1 Å². The normalized spacial score (nSPS) is 24.8. The number of halogens is 1. The van der Waals surface area contributed by atoms with Crippen LogP contribution >= 0.6 is 11.6 Å². The van der Waals surface area contributed by atoms with E-state index in [0.717, 1.165) is 11.1 Å². The Balaban J connectivity index is 2.05. The summed E-state index contributed by atoms with van der Waals surface area (Å²) in [7, 11) is -3.70. The Bertz CT molecular complexity index is 933. The molecule has 1 aliphatic carbocycles. The highest BCUT2D eigenvalue weighted by Crippen LogP contribution is 2.63. The Morgan fingerprint density at radius 1 is 1.15 bits per heavy atom. The smallest absolute Gasteiger partial charge is 0.183 e. The third kappa shape index (κ3) is 3.14. The highest BCUT2D eigenvalue weighted by atomic mass is 35.5. The molecule has 0 aromatic heterocycles. The van der Waals surface area contributed by atoms with Crippen LogP contribution in [-0.4, -0.2) is 26.9 Å². The largest absolute Gasteiger partial charge is 0.380 e. The summed E-state index contributed by atoms with van der Waals surface area (Å²) < 4.78 is 32.0. The molecule has 1 saturated carbocycles. The van der Waals surface area contributed by atoms with E-state index >= 15 is 0 Å². The van der Waals surface area contributed by atoms with E-state index in [4.69, 9.17) is 16.3 Å². The molecular weight excluding hydrogens is 370 g/mol. The van der Waals surface area contributed by atoms with Crippen LogP contribution in [0, 0.1) is 23.7 Å². The summed E-state index contributed by atoms with van der Waals surface area (Å²) in [4.78, 5) is 0.178. The molecule has 6 heteroatoms. The summed E-state index contributed by atoms with van der Waals surface area (Å²) in [5.74, 6) is -0.416. The van der Waals surface area contributed by atoms with Gasteiger partial charge in [0.2, 0.25) is 0 Å². The van der Waals surface area contributed by atoms with E-state index in [1.54, 1.807) is 12.1 Å². The summed E-state index contributed by atoms with van der Waals surface area (Å²) >= 11 is 5.88. The lowest BCUT2D eigenvalue weighted by molar-refractivity contribution is 0.117. The van der Waals surface area contributed by atoms with Gasteiger partial charge in [-0.15, -0.1) is 0 Å². The van der Waals surface area contributed by atoms with E-state index < -0.39 is 26.4 Å². The van der Waals surface area contributed by atoms with Crippen LogP contribution in [0.4, 0.5) is 0 Å². The lowest BCUT2D eigenvalue weighted by atomic mass is 10.0. The molecule has 0 aliphatic heterocycles. The fourth-order valence-electron chi connectivity index (χ4n) is 3.49. The molecule has 0 heterocycles. The monoisotopic (exact) mass is 389 g/mol. The Morgan fingerprint density at radius 2 is 1.77 bits per heavy atom. The number of hydrogen-bond donors (Lipinski definition) is 0. The average molecular weight is 390 g/mol. The van der Waals surface area contributed by atoms with E-state index in [1.807, 2.05) is 38.1 Å². The van der Waals surface area contributed by atoms with Crippen molar-refractivity contribution in [2.24, 2.45) is 5.41 Å². The topological polar surface area (TPSA) is 67.2 Å². The van der Waals surface area contributed by atoms with Gasteiger partial charge in [-0.1, -0.05) is 41.4 Å². The fraction of sp³-hybridized carbons (Fsp3) is 0.350. The van der Waals surface area contributed by atoms with Crippen molar-refractivity contribution in [3.05, 3.63) is 64.7 Å². The fourth-order valence-corrected chi connectivity index (χ4v) is 5.92. The Kier molecular flexibility index (Phi) is 5.12. The van der Waals surface area contributed by atoms with Gasteiger partial charge in [-0.25, -0.2) is 8.42 Å². The summed E-state index contributed by atoms with van der Waals surface area (Å²) in [5, 5.41) is 9.51. The molecule has 136 valence electrons. The Morgan fingerprint density at radius 3 is 2.31 bits per heavy atom. The first-order valence-electron chi connectivity index (χ1n) is 8.42. The van der Waals surface area contributed by atoms with E-state index in [-0.39, 0.29) is 11.5 Å². The number of aryl methyl sites for hydroxylation is 1. The molecule has 2 aromatic rings. The van der Waals surface area contributed by atoms with Gasteiger partial charge in [0.05, 0.1) is 22.8 Å². The predicted molar refractivity (Wildman–Crippen MR) is 101 cm³/mol. The molecule has 0 bridgehead atoms. The van der Waals surface area contributed by atoms with Gasteiger partial charge >= 0.3 is 0 Å². The molecule has 26 heavy (non-hydrogen) atoms. The molecule has 1 fully saturated rings. The second-order valence-corrected chi connectivity index (χ2v) is 9.10. The quantitative estimate of drug-likeness (QED) is 0.744. The van der Waals surface area contributed by atoms with Gasteiger partial charge in [0.25, 0.3) is 0 Å². The van der Waals surface area contributed by atoms with Crippen LogP contribution in [0.5, 0.6) is 0 Å². The maximum absolute atomic E-state index is 13.2. The number of sulfone groups is 1. The molecular formula is C20H20ClNO3S. The highest BCUT2D eigenvalue weighted by Gasteiger charge is 2.72. The van der Waals surface area contributed by atoms with E-state index in [2.05, 4.69) is 6.07 Å². The van der Waals surface area contributed by atoms with Crippen molar-refractivity contribution in [1.82, 2.24) is 0 Å². The van der Waals surface area contributed by atoms with Gasteiger partial charge in [0.15, 0.2) is 9.84 Å². The van der Waals surface area contributed by atoms with Crippen LogP contribution < -0.4 is 0 Å². The van der Waals surface area contributed by atoms with Gasteiger partial charge in [0, 0.05) is 17.5 Å². The lowest BCUT2D eigenvalue weighted by Gasteiger charge is -2.10. The molecule has 1 aliphatic rings. The Labute approximate surface area is 159 Å². The molecule has 0 unspecified atom stereocenters. The van der Waals surface area contributed by atoms with Crippen molar-refractivity contribution < 1.29 is 13.2 Å². The van der Waals surface area contributed by atoms with Crippen LogP contribution in [0.2, 0.25) is 5.02 Å². The minimum absolute atomic E-state index is 0.0933. The molecule has 2 aromatic carbocycles. The van der Waals surface area contributed by atoms with Crippen LogP contribution in [0.3, 0.4) is 0 Å². The zero-order valence-electron chi connectivity index (χ0n) is 14.6. The van der Waals surface area contributed by atoms with Gasteiger partial charge in [0.1, 0.15) is 5.41 Å². The van der Waals surface area contributed by atoms with Crippen molar-refractivity contribution in [2.75, 3.05) is 13.2 Å². The lowest BCUT2D eigenvalue weighted by Crippen LogP contribution is -2.19. The number of rotatable bonds is 6. The van der Waals surface area contributed by atoms with Crippen molar-refractivity contribution >= 4 is 21.4 Å². The van der Waals surface area contributed by atoms with Crippen LogP contribution in [0.1, 0.15) is 24.0 Å². The average Bonchev–Trinajstić information content (AvgIpc) is 3.31. The first-order valence-corrected chi connectivity index (χ1v) is 10.3.